The number of benzene rings is 2. The van der Waals surface area contributed by atoms with E-state index in [4.69, 9.17) is 9.15 Å². The van der Waals surface area contributed by atoms with Crippen LogP contribution in [0.3, 0.4) is 0 Å². The zero-order chi connectivity index (χ0) is 21.8. The molecule has 0 spiro atoms. The van der Waals surface area contributed by atoms with Crippen molar-refractivity contribution in [3.8, 4) is 5.69 Å². The molecule has 2 heterocycles. The molecule has 0 radical (unpaired) electrons. The second-order valence-electron chi connectivity index (χ2n) is 6.59. The van der Waals surface area contributed by atoms with E-state index in [1.165, 1.54) is 12.3 Å². The van der Waals surface area contributed by atoms with E-state index in [1.807, 2.05) is 41.8 Å². The SMILES string of the molecule is Cc1nc2cc(C(=O)OCC(=O)NNC(=O)c3ccco3)ccc2n1-c1ccccc1. The van der Waals surface area contributed by atoms with Gasteiger partial charge in [0, 0.05) is 5.69 Å². The molecule has 156 valence electrons. The van der Waals surface area contributed by atoms with Crippen LogP contribution in [-0.4, -0.2) is 33.9 Å². The second kappa shape index (κ2) is 8.54. The Balaban J connectivity index is 1.39. The maximum Gasteiger partial charge on any atom is 0.338 e. The molecule has 2 aromatic heterocycles. The van der Waals surface area contributed by atoms with E-state index in [-0.39, 0.29) is 11.3 Å². The minimum atomic E-state index is -0.696. The van der Waals surface area contributed by atoms with E-state index in [1.54, 1.807) is 24.3 Å². The lowest BCUT2D eigenvalue weighted by Gasteiger charge is -2.08. The first-order valence-electron chi connectivity index (χ1n) is 9.37. The number of furan rings is 1. The Morgan fingerprint density at radius 3 is 2.58 bits per heavy atom. The summed E-state index contributed by atoms with van der Waals surface area (Å²) in [6, 6.07) is 17.7. The molecule has 2 N–H and O–H groups in total. The molecule has 0 bridgehead atoms. The van der Waals surface area contributed by atoms with Crippen LogP contribution in [0, 0.1) is 6.92 Å². The minimum absolute atomic E-state index is 0.0378. The van der Waals surface area contributed by atoms with Gasteiger partial charge in [-0.05, 0) is 49.4 Å². The van der Waals surface area contributed by atoms with Gasteiger partial charge >= 0.3 is 11.9 Å². The summed E-state index contributed by atoms with van der Waals surface area (Å²) in [5.74, 6) is -1.19. The van der Waals surface area contributed by atoms with Crippen molar-refractivity contribution in [1.82, 2.24) is 20.4 Å². The van der Waals surface area contributed by atoms with E-state index in [9.17, 15) is 14.4 Å². The fraction of sp³-hybridized carbons (Fsp3) is 0.0909. The van der Waals surface area contributed by atoms with Crippen LogP contribution in [0.1, 0.15) is 26.7 Å². The number of imidazole rings is 1. The Hall–Kier alpha value is -4.40. The summed E-state index contributed by atoms with van der Waals surface area (Å²) >= 11 is 0. The monoisotopic (exact) mass is 418 g/mol. The maximum absolute atomic E-state index is 12.3. The van der Waals surface area contributed by atoms with Crippen LogP contribution >= 0.6 is 0 Å². The summed E-state index contributed by atoms with van der Waals surface area (Å²) in [5, 5.41) is 0. The van der Waals surface area contributed by atoms with Crippen molar-refractivity contribution < 1.29 is 23.5 Å². The molecule has 0 saturated carbocycles. The third kappa shape index (κ3) is 4.30. The number of ether oxygens (including phenoxy) is 1. The Kier molecular flexibility index (Phi) is 5.48. The van der Waals surface area contributed by atoms with Crippen molar-refractivity contribution >= 4 is 28.8 Å². The van der Waals surface area contributed by atoms with Crippen molar-refractivity contribution in [1.29, 1.82) is 0 Å². The quantitative estimate of drug-likeness (QED) is 0.380. The summed E-state index contributed by atoms with van der Waals surface area (Å²) < 4.78 is 11.9. The fourth-order valence-electron chi connectivity index (χ4n) is 3.08. The van der Waals surface area contributed by atoms with Crippen LogP contribution in [0.25, 0.3) is 16.7 Å². The highest BCUT2D eigenvalue weighted by molar-refractivity contribution is 5.96. The Bertz CT molecular complexity index is 1250. The standard InChI is InChI=1S/C22H18N4O5/c1-14-23-17-12-15(9-10-18(17)26(14)16-6-3-2-4-7-16)22(29)31-13-20(27)24-25-21(28)19-8-5-11-30-19/h2-12H,13H2,1H3,(H,24,27)(H,25,28). The summed E-state index contributed by atoms with van der Waals surface area (Å²) in [4.78, 5) is 40.4. The van der Waals surface area contributed by atoms with E-state index in [0.717, 1.165) is 17.0 Å². The number of hydrogen-bond acceptors (Lipinski definition) is 6. The number of carbonyl (C=O) groups excluding carboxylic acids is 3. The molecule has 0 atom stereocenters. The van der Waals surface area contributed by atoms with Crippen LogP contribution in [-0.2, 0) is 9.53 Å². The number of nitrogens with one attached hydrogen (secondary N) is 2. The zero-order valence-electron chi connectivity index (χ0n) is 16.5. The molecule has 4 aromatic rings. The van der Waals surface area contributed by atoms with E-state index >= 15 is 0 Å². The molecule has 9 nitrogen and oxygen atoms in total. The van der Waals surface area contributed by atoms with Crippen molar-refractivity contribution in [2.75, 3.05) is 6.61 Å². The van der Waals surface area contributed by atoms with Crippen molar-refractivity contribution in [2.45, 2.75) is 6.92 Å². The van der Waals surface area contributed by atoms with E-state index in [0.29, 0.717) is 5.52 Å². The van der Waals surface area contributed by atoms with Crippen molar-refractivity contribution in [2.24, 2.45) is 0 Å². The lowest BCUT2D eigenvalue weighted by atomic mass is 10.2. The van der Waals surface area contributed by atoms with Gasteiger partial charge in [0.15, 0.2) is 12.4 Å². The van der Waals surface area contributed by atoms with Gasteiger partial charge in [-0.2, -0.15) is 0 Å². The van der Waals surface area contributed by atoms with Crippen molar-refractivity contribution in [3.05, 3.63) is 84.1 Å². The Morgan fingerprint density at radius 2 is 1.84 bits per heavy atom. The molecule has 0 unspecified atom stereocenters. The molecular formula is C22H18N4O5. The van der Waals surface area contributed by atoms with Gasteiger partial charge in [-0.1, -0.05) is 18.2 Å². The molecule has 0 fully saturated rings. The predicted molar refractivity (Wildman–Crippen MR) is 110 cm³/mol. The van der Waals surface area contributed by atoms with Crippen LogP contribution in [0.5, 0.6) is 0 Å². The van der Waals surface area contributed by atoms with Crippen molar-refractivity contribution in [3.63, 3.8) is 0 Å². The largest absolute Gasteiger partial charge is 0.459 e. The number of aryl methyl sites for hydroxylation is 1. The first kappa shape index (κ1) is 19.9. The number of esters is 1. The fourth-order valence-corrected chi connectivity index (χ4v) is 3.08. The second-order valence-corrected chi connectivity index (χ2v) is 6.59. The zero-order valence-corrected chi connectivity index (χ0v) is 16.5. The number of hydrazine groups is 1. The molecule has 0 aliphatic carbocycles. The van der Waals surface area contributed by atoms with Crippen LogP contribution in [0.15, 0.2) is 71.3 Å². The molecule has 4 rings (SSSR count). The molecule has 31 heavy (non-hydrogen) atoms. The first-order valence-corrected chi connectivity index (χ1v) is 9.37. The van der Waals surface area contributed by atoms with Gasteiger partial charge < -0.3 is 9.15 Å². The molecule has 0 aliphatic heterocycles. The van der Waals surface area contributed by atoms with Gasteiger partial charge in [-0.3, -0.25) is 25.0 Å². The average molecular weight is 418 g/mol. The summed E-state index contributed by atoms with van der Waals surface area (Å²) in [7, 11) is 0. The molecule has 2 aromatic carbocycles. The number of para-hydroxylation sites is 1. The number of amides is 2. The molecule has 0 saturated heterocycles. The van der Waals surface area contributed by atoms with Crippen LogP contribution in [0.2, 0.25) is 0 Å². The van der Waals surface area contributed by atoms with Crippen LogP contribution in [0.4, 0.5) is 0 Å². The third-order valence-corrected chi connectivity index (χ3v) is 4.47. The van der Waals surface area contributed by atoms with E-state index < -0.39 is 24.4 Å². The molecule has 0 aliphatic rings. The normalized spacial score (nSPS) is 10.6. The van der Waals surface area contributed by atoms with Gasteiger partial charge in [-0.25, -0.2) is 9.78 Å². The van der Waals surface area contributed by atoms with Crippen LogP contribution < -0.4 is 10.9 Å². The highest BCUT2D eigenvalue weighted by Gasteiger charge is 2.15. The van der Waals surface area contributed by atoms with Gasteiger partial charge in [0.25, 0.3) is 5.91 Å². The van der Waals surface area contributed by atoms with Gasteiger partial charge in [0.05, 0.1) is 22.9 Å². The lowest BCUT2D eigenvalue weighted by Crippen LogP contribution is -2.43. The Labute approximate surface area is 176 Å². The van der Waals surface area contributed by atoms with E-state index in [2.05, 4.69) is 15.8 Å². The first-order chi connectivity index (χ1) is 15.0. The number of nitrogens with zero attached hydrogens (tertiary/aromatic N) is 2. The summed E-state index contributed by atoms with van der Waals surface area (Å²) in [6.07, 6.45) is 1.33. The average Bonchev–Trinajstić information content (AvgIpc) is 3.43. The summed E-state index contributed by atoms with van der Waals surface area (Å²) in [6.45, 7) is 1.32. The predicted octanol–water partition coefficient (Wildman–Crippen LogP) is 2.54. The Morgan fingerprint density at radius 1 is 1.03 bits per heavy atom. The third-order valence-electron chi connectivity index (χ3n) is 4.47. The highest BCUT2D eigenvalue weighted by atomic mass is 16.5. The smallest absolute Gasteiger partial charge is 0.338 e. The van der Waals surface area contributed by atoms with Gasteiger partial charge in [0.2, 0.25) is 0 Å². The number of hydrogen-bond donors (Lipinski definition) is 2. The number of carbonyl (C=O) groups is 3. The number of rotatable bonds is 5. The lowest BCUT2D eigenvalue weighted by molar-refractivity contribution is -0.125. The summed E-state index contributed by atoms with van der Waals surface area (Å²) in [5.41, 5.74) is 7.01. The molecule has 2 amide bonds. The van der Waals surface area contributed by atoms with Gasteiger partial charge in [-0.15, -0.1) is 0 Å². The topological polar surface area (TPSA) is 115 Å². The van der Waals surface area contributed by atoms with Gasteiger partial charge in [0.1, 0.15) is 5.82 Å². The number of fused-ring (bicyclic) bond motifs is 1. The maximum atomic E-state index is 12.3. The molecular weight excluding hydrogens is 400 g/mol. The number of aromatic nitrogens is 2. The molecule has 9 heteroatoms. The highest BCUT2D eigenvalue weighted by Crippen LogP contribution is 2.22. The minimum Gasteiger partial charge on any atom is -0.459 e.